The van der Waals surface area contributed by atoms with Crippen molar-refractivity contribution < 1.29 is 43.0 Å². The lowest BCUT2D eigenvalue weighted by molar-refractivity contribution is -0.154. The van der Waals surface area contributed by atoms with Gasteiger partial charge >= 0.3 is 13.8 Å². The fourth-order valence-electron chi connectivity index (χ4n) is 4.22. The summed E-state index contributed by atoms with van der Waals surface area (Å²) in [7, 11) is -4.50. The minimum atomic E-state index is -4.50. The Hall–Kier alpha value is -1.06. The van der Waals surface area contributed by atoms with Gasteiger partial charge < -0.3 is 24.6 Å². The van der Waals surface area contributed by atoms with Crippen LogP contribution in [0.15, 0.2) is 24.3 Å². The van der Waals surface area contributed by atoms with Crippen LogP contribution in [0.4, 0.5) is 0 Å². The molecular formula is C33H63O9P. The number of aliphatic hydroxyl groups excluding tert-OH is 2. The van der Waals surface area contributed by atoms with Gasteiger partial charge in [-0.2, -0.15) is 0 Å². The van der Waals surface area contributed by atoms with E-state index >= 15 is 0 Å². The highest BCUT2D eigenvalue weighted by atomic mass is 31.2. The van der Waals surface area contributed by atoms with Crippen molar-refractivity contribution >= 4 is 13.8 Å². The van der Waals surface area contributed by atoms with Crippen molar-refractivity contribution in [2.75, 3.05) is 33.0 Å². The Morgan fingerprint density at radius 3 is 1.84 bits per heavy atom. The summed E-state index contributed by atoms with van der Waals surface area (Å²) in [5, 5.41) is 18.2. The molecule has 0 spiro atoms. The third kappa shape index (κ3) is 30.7. The number of unbranched alkanes of at least 4 members (excludes halogenated alkanes) is 14. The van der Waals surface area contributed by atoms with Crippen molar-refractivity contribution in [3.05, 3.63) is 24.3 Å². The lowest BCUT2D eigenvalue weighted by atomic mass is 10.1. The van der Waals surface area contributed by atoms with Gasteiger partial charge in [0.05, 0.1) is 26.4 Å². The summed E-state index contributed by atoms with van der Waals surface area (Å²) in [4.78, 5) is 22.3. The Morgan fingerprint density at radius 2 is 1.23 bits per heavy atom. The molecule has 3 atom stereocenters. The molecule has 0 aliphatic heterocycles. The minimum absolute atomic E-state index is 0.0425. The summed E-state index contributed by atoms with van der Waals surface area (Å²) >= 11 is 0. The first-order valence-electron chi connectivity index (χ1n) is 16.8. The molecular weight excluding hydrogens is 571 g/mol. The highest BCUT2D eigenvalue weighted by Gasteiger charge is 2.26. The minimum Gasteiger partial charge on any atom is -0.457 e. The second kappa shape index (κ2) is 30.9. The van der Waals surface area contributed by atoms with E-state index in [1.54, 1.807) is 0 Å². The van der Waals surface area contributed by atoms with Gasteiger partial charge in [-0.1, -0.05) is 102 Å². The number of esters is 1. The fourth-order valence-corrected chi connectivity index (χ4v) is 5.01. The largest absolute Gasteiger partial charge is 0.472 e. The van der Waals surface area contributed by atoms with Crippen LogP contribution in [0.25, 0.3) is 0 Å². The van der Waals surface area contributed by atoms with Crippen LogP contribution in [-0.4, -0.2) is 66.3 Å². The molecule has 9 nitrogen and oxygen atoms in total. The van der Waals surface area contributed by atoms with E-state index in [0.29, 0.717) is 6.61 Å². The number of hydrogen-bond acceptors (Lipinski definition) is 8. The second-order valence-electron chi connectivity index (χ2n) is 11.2. The number of carbonyl (C=O) groups excluding carboxylic acids is 1. The number of ether oxygens (including phenoxy) is 2. The van der Waals surface area contributed by atoms with Crippen LogP contribution in [0, 0.1) is 0 Å². The highest BCUT2D eigenvalue weighted by molar-refractivity contribution is 7.47. The van der Waals surface area contributed by atoms with E-state index in [0.717, 1.165) is 77.0 Å². The predicted octanol–water partition coefficient (Wildman–Crippen LogP) is 7.97. The predicted molar refractivity (Wildman–Crippen MR) is 173 cm³/mol. The van der Waals surface area contributed by atoms with Crippen LogP contribution in [0.3, 0.4) is 0 Å². The summed E-state index contributed by atoms with van der Waals surface area (Å²) in [6.07, 6.45) is 27.1. The van der Waals surface area contributed by atoms with Crippen LogP contribution in [0.2, 0.25) is 0 Å². The number of rotatable bonds is 32. The number of carbonyl (C=O) groups is 1. The maximum atomic E-state index is 12.5. The summed E-state index contributed by atoms with van der Waals surface area (Å²) in [5.41, 5.74) is 0. The van der Waals surface area contributed by atoms with Gasteiger partial charge in [-0.15, -0.1) is 0 Å². The standard InChI is InChI=1S/C33H63O9P/c1-3-5-7-9-11-13-15-17-19-21-23-25-33(36)42-32(30-41-43(37,38)40-28-31(35)27-34)29-39-26-24-22-20-18-16-14-12-10-8-6-4-2/h8-11,31-32,34-35H,3-7,12-30H2,1-2H3,(H,37,38)/b10-8-,11-9-. The number of phosphoric acid groups is 1. The number of aliphatic hydroxyl groups is 2. The van der Waals surface area contributed by atoms with E-state index in [2.05, 4.69) is 38.2 Å². The normalized spacial score (nSPS) is 14.8. The molecule has 254 valence electrons. The molecule has 0 aromatic carbocycles. The molecule has 0 saturated heterocycles. The molecule has 0 fully saturated rings. The third-order valence-corrected chi connectivity index (χ3v) is 7.79. The molecule has 0 aliphatic carbocycles. The average molecular weight is 635 g/mol. The molecule has 0 aromatic heterocycles. The van der Waals surface area contributed by atoms with E-state index in [4.69, 9.17) is 23.6 Å². The molecule has 0 rings (SSSR count). The van der Waals surface area contributed by atoms with E-state index in [9.17, 15) is 19.4 Å². The van der Waals surface area contributed by atoms with Gasteiger partial charge in [0, 0.05) is 13.0 Å². The molecule has 0 heterocycles. The van der Waals surface area contributed by atoms with Crippen molar-refractivity contribution in [1.29, 1.82) is 0 Å². The Balaban J connectivity index is 4.32. The lowest BCUT2D eigenvalue weighted by Gasteiger charge is -2.20. The molecule has 3 N–H and O–H groups in total. The molecule has 0 radical (unpaired) electrons. The molecule has 0 aromatic rings. The molecule has 3 unspecified atom stereocenters. The molecule has 0 saturated carbocycles. The average Bonchev–Trinajstić information content (AvgIpc) is 2.99. The Kier molecular flexibility index (Phi) is 30.2. The lowest BCUT2D eigenvalue weighted by Crippen LogP contribution is -2.29. The van der Waals surface area contributed by atoms with Gasteiger partial charge in [0.15, 0.2) is 0 Å². The van der Waals surface area contributed by atoms with E-state index in [-0.39, 0.29) is 19.6 Å². The topological polar surface area (TPSA) is 132 Å². The molecule has 43 heavy (non-hydrogen) atoms. The zero-order chi connectivity index (χ0) is 31.9. The maximum absolute atomic E-state index is 12.5. The summed E-state index contributed by atoms with van der Waals surface area (Å²) < 4.78 is 33.0. The first-order valence-corrected chi connectivity index (χ1v) is 18.3. The van der Waals surface area contributed by atoms with Crippen molar-refractivity contribution in [3.8, 4) is 0 Å². The first kappa shape index (κ1) is 41.9. The molecule has 10 heteroatoms. The maximum Gasteiger partial charge on any atom is 0.472 e. The van der Waals surface area contributed by atoms with Crippen LogP contribution >= 0.6 is 7.82 Å². The molecule has 0 aliphatic rings. The van der Waals surface area contributed by atoms with Crippen LogP contribution in [0.1, 0.15) is 136 Å². The summed E-state index contributed by atoms with van der Waals surface area (Å²) in [6, 6.07) is 0. The number of phosphoric ester groups is 1. The molecule has 0 amide bonds. The van der Waals surface area contributed by atoms with Gasteiger partial charge in [0.1, 0.15) is 12.2 Å². The van der Waals surface area contributed by atoms with Crippen LogP contribution in [0.5, 0.6) is 0 Å². The smallest absolute Gasteiger partial charge is 0.457 e. The SMILES string of the molecule is CCC/C=C\CCCCCCCCOCC(COP(=O)(O)OCC(O)CO)OC(=O)CCCCCCC/C=C\CCCC. The van der Waals surface area contributed by atoms with Gasteiger partial charge in [-0.3, -0.25) is 13.8 Å². The fraction of sp³-hybridized carbons (Fsp3) is 0.848. The van der Waals surface area contributed by atoms with Crippen LogP contribution in [-0.2, 0) is 27.9 Å². The first-order chi connectivity index (χ1) is 20.8. The van der Waals surface area contributed by atoms with Gasteiger partial charge in [-0.25, -0.2) is 4.57 Å². The number of allylic oxidation sites excluding steroid dienone is 4. The molecule has 0 bridgehead atoms. The van der Waals surface area contributed by atoms with Crippen molar-refractivity contribution in [1.82, 2.24) is 0 Å². The Morgan fingerprint density at radius 1 is 0.698 bits per heavy atom. The van der Waals surface area contributed by atoms with Crippen molar-refractivity contribution in [3.63, 3.8) is 0 Å². The van der Waals surface area contributed by atoms with Crippen LogP contribution < -0.4 is 0 Å². The van der Waals surface area contributed by atoms with E-state index < -0.39 is 39.2 Å². The highest BCUT2D eigenvalue weighted by Crippen LogP contribution is 2.43. The van der Waals surface area contributed by atoms with Crippen molar-refractivity contribution in [2.45, 2.75) is 148 Å². The van der Waals surface area contributed by atoms with Gasteiger partial charge in [0.25, 0.3) is 0 Å². The van der Waals surface area contributed by atoms with E-state index in [1.807, 2.05) is 0 Å². The summed E-state index contributed by atoms with van der Waals surface area (Å²) in [6.45, 7) is 3.37. The van der Waals surface area contributed by atoms with E-state index in [1.165, 1.54) is 38.5 Å². The second-order valence-corrected chi connectivity index (χ2v) is 12.6. The zero-order valence-corrected chi connectivity index (χ0v) is 28.1. The third-order valence-electron chi connectivity index (χ3n) is 6.84. The Bertz CT molecular complexity index is 729. The van der Waals surface area contributed by atoms with Gasteiger partial charge in [0.2, 0.25) is 0 Å². The monoisotopic (exact) mass is 634 g/mol. The zero-order valence-electron chi connectivity index (χ0n) is 27.2. The van der Waals surface area contributed by atoms with Crippen molar-refractivity contribution in [2.24, 2.45) is 0 Å². The Labute approximate surface area is 262 Å². The number of hydrogen-bond donors (Lipinski definition) is 3. The quantitative estimate of drug-likeness (QED) is 0.0292. The van der Waals surface area contributed by atoms with Gasteiger partial charge in [-0.05, 0) is 51.4 Å². The summed E-state index contributed by atoms with van der Waals surface area (Å²) in [5.74, 6) is -0.398.